The van der Waals surface area contributed by atoms with Crippen LogP contribution < -0.4 is 0 Å². The van der Waals surface area contributed by atoms with Crippen molar-refractivity contribution in [2.24, 2.45) is 0 Å². The number of nitrogens with zero attached hydrogens (tertiary/aromatic N) is 1. The molecule has 86 valence electrons. The van der Waals surface area contributed by atoms with Gasteiger partial charge >= 0.3 is 5.97 Å². The number of rotatable bonds is 3. The Hall–Kier alpha value is -1.06. The highest BCUT2D eigenvalue weighted by Crippen LogP contribution is 2.19. The summed E-state index contributed by atoms with van der Waals surface area (Å²) in [7, 11) is 1.37. The highest BCUT2D eigenvalue weighted by atomic mass is 16.5. The van der Waals surface area contributed by atoms with Gasteiger partial charge in [-0.25, -0.2) is 4.79 Å². The molecule has 1 fully saturated rings. The Balaban J connectivity index is 2.65. The highest BCUT2D eigenvalue weighted by molar-refractivity contribution is 5.84. The average molecular weight is 213 g/mol. The number of carbonyl (C=O) groups is 2. The average Bonchev–Trinajstić information content (AvgIpc) is 2.28. The van der Waals surface area contributed by atoms with Crippen molar-refractivity contribution in [2.45, 2.75) is 45.1 Å². The third kappa shape index (κ3) is 2.94. The van der Waals surface area contributed by atoms with Gasteiger partial charge in [0.05, 0.1) is 7.11 Å². The van der Waals surface area contributed by atoms with E-state index in [-0.39, 0.29) is 17.9 Å². The van der Waals surface area contributed by atoms with Gasteiger partial charge in [-0.2, -0.15) is 0 Å². The van der Waals surface area contributed by atoms with Crippen molar-refractivity contribution in [3.05, 3.63) is 0 Å². The predicted octanol–water partition coefficient (Wildman–Crippen LogP) is 1.34. The van der Waals surface area contributed by atoms with E-state index >= 15 is 0 Å². The highest BCUT2D eigenvalue weighted by Gasteiger charge is 2.31. The molecule has 0 saturated carbocycles. The molecule has 0 aromatic carbocycles. The Morgan fingerprint density at radius 1 is 1.40 bits per heavy atom. The molecule has 1 heterocycles. The Bertz CT molecular complexity index is 240. The van der Waals surface area contributed by atoms with E-state index in [9.17, 15) is 9.59 Å². The van der Waals surface area contributed by atoms with Gasteiger partial charge < -0.3 is 9.64 Å². The topological polar surface area (TPSA) is 46.6 Å². The molecule has 1 amide bonds. The van der Waals surface area contributed by atoms with Gasteiger partial charge in [0.25, 0.3) is 0 Å². The first-order valence-electron chi connectivity index (χ1n) is 5.58. The van der Waals surface area contributed by atoms with Crippen LogP contribution in [0.3, 0.4) is 0 Å². The largest absolute Gasteiger partial charge is 0.467 e. The van der Waals surface area contributed by atoms with Gasteiger partial charge in [0.2, 0.25) is 5.91 Å². The quantitative estimate of drug-likeness (QED) is 0.665. The first-order chi connectivity index (χ1) is 7.20. The number of hydrogen-bond acceptors (Lipinski definition) is 3. The molecule has 1 saturated heterocycles. The minimum absolute atomic E-state index is 0.0765. The number of piperidine rings is 1. The summed E-state index contributed by atoms with van der Waals surface area (Å²) in [4.78, 5) is 24.9. The van der Waals surface area contributed by atoms with Crippen LogP contribution in [0, 0.1) is 0 Å². The molecule has 4 nitrogen and oxygen atoms in total. The molecule has 0 spiro atoms. The molecule has 0 bridgehead atoms. The molecule has 1 atom stereocenters. The summed E-state index contributed by atoms with van der Waals surface area (Å²) in [5.41, 5.74) is 0. The monoisotopic (exact) mass is 213 g/mol. The maximum Gasteiger partial charge on any atom is 0.328 e. The molecule has 0 N–H and O–H groups in total. The molecule has 1 rings (SSSR count). The molecular weight excluding hydrogens is 194 g/mol. The standard InChI is InChI=1S/C11H19NO3/c1-3-6-10(13)12-8-5-4-7-9(12)11(14)15-2/h9H,3-8H2,1-2H3/t9-/m1/s1. The number of amides is 1. The Morgan fingerprint density at radius 2 is 2.13 bits per heavy atom. The van der Waals surface area contributed by atoms with E-state index in [0.29, 0.717) is 13.0 Å². The van der Waals surface area contributed by atoms with Crippen molar-refractivity contribution < 1.29 is 14.3 Å². The zero-order valence-electron chi connectivity index (χ0n) is 9.49. The lowest BCUT2D eigenvalue weighted by atomic mass is 10.0. The van der Waals surface area contributed by atoms with Crippen molar-refractivity contribution >= 4 is 11.9 Å². The van der Waals surface area contributed by atoms with E-state index in [1.165, 1.54) is 7.11 Å². The van der Waals surface area contributed by atoms with E-state index in [0.717, 1.165) is 25.7 Å². The molecule has 0 aromatic heterocycles. The van der Waals surface area contributed by atoms with E-state index < -0.39 is 0 Å². The van der Waals surface area contributed by atoms with Crippen LogP contribution in [0.15, 0.2) is 0 Å². The minimum Gasteiger partial charge on any atom is -0.467 e. The second kappa shape index (κ2) is 5.73. The molecule has 15 heavy (non-hydrogen) atoms. The summed E-state index contributed by atoms with van der Waals surface area (Å²) in [5, 5.41) is 0. The van der Waals surface area contributed by atoms with Crippen molar-refractivity contribution in [1.29, 1.82) is 0 Å². The summed E-state index contributed by atoms with van der Waals surface area (Å²) in [6.45, 7) is 2.66. The van der Waals surface area contributed by atoms with Crippen LogP contribution in [0.5, 0.6) is 0 Å². The fourth-order valence-electron chi connectivity index (χ4n) is 1.97. The van der Waals surface area contributed by atoms with Crippen LogP contribution in [0.25, 0.3) is 0 Å². The minimum atomic E-state index is -0.345. The van der Waals surface area contributed by atoms with Crippen LogP contribution in [0.1, 0.15) is 39.0 Å². The zero-order chi connectivity index (χ0) is 11.3. The molecule has 0 aromatic rings. The predicted molar refractivity (Wildman–Crippen MR) is 56.3 cm³/mol. The number of carbonyl (C=O) groups excluding carboxylic acids is 2. The van der Waals surface area contributed by atoms with Crippen LogP contribution in [-0.4, -0.2) is 36.5 Å². The number of likely N-dealkylation sites (tertiary alicyclic amines) is 1. The molecule has 1 aliphatic heterocycles. The van der Waals surface area contributed by atoms with Crippen molar-refractivity contribution in [3.63, 3.8) is 0 Å². The summed E-state index contributed by atoms with van der Waals surface area (Å²) >= 11 is 0. The number of methoxy groups -OCH3 is 1. The number of hydrogen-bond donors (Lipinski definition) is 0. The Kier molecular flexibility index (Phi) is 4.59. The van der Waals surface area contributed by atoms with Crippen molar-refractivity contribution in [3.8, 4) is 0 Å². The zero-order valence-corrected chi connectivity index (χ0v) is 9.49. The van der Waals surface area contributed by atoms with Gasteiger partial charge in [0, 0.05) is 13.0 Å². The van der Waals surface area contributed by atoms with Crippen LogP contribution in [0.2, 0.25) is 0 Å². The molecule has 0 unspecified atom stereocenters. The van der Waals surface area contributed by atoms with E-state index in [2.05, 4.69) is 0 Å². The fraction of sp³-hybridized carbons (Fsp3) is 0.818. The van der Waals surface area contributed by atoms with E-state index in [1.54, 1.807) is 4.90 Å². The third-order valence-electron chi connectivity index (χ3n) is 2.76. The van der Waals surface area contributed by atoms with Gasteiger partial charge in [-0.3, -0.25) is 4.79 Å². The molecular formula is C11H19NO3. The van der Waals surface area contributed by atoms with Crippen LogP contribution in [0.4, 0.5) is 0 Å². The van der Waals surface area contributed by atoms with Gasteiger partial charge in [-0.15, -0.1) is 0 Å². The Labute approximate surface area is 90.6 Å². The summed E-state index contributed by atoms with van der Waals surface area (Å²) < 4.78 is 4.72. The van der Waals surface area contributed by atoms with Crippen LogP contribution in [-0.2, 0) is 14.3 Å². The fourth-order valence-corrected chi connectivity index (χ4v) is 1.97. The summed E-state index contributed by atoms with van der Waals surface area (Å²) in [6, 6.07) is -0.345. The van der Waals surface area contributed by atoms with E-state index in [4.69, 9.17) is 4.74 Å². The number of ether oxygens (including phenoxy) is 1. The maximum absolute atomic E-state index is 11.7. The SMILES string of the molecule is CCCC(=O)N1CCCC[C@@H]1C(=O)OC. The molecule has 1 aliphatic rings. The van der Waals surface area contributed by atoms with Crippen molar-refractivity contribution in [2.75, 3.05) is 13.7 Å². The van der Waals surface area contributed by atoms with Gasteiger partial charge in [0.15, 0.2) is 0 Å². The third-order valence-corrected chi connectivity index (χ3v) is 2.76. The summed E-state index contributed by atoms with van der Waals surface area (Å²) in [6.07, 6.45) is 4.07. The van der Waals surface area contributed by atoms with E-state index in [1.807, 2.05) is 6.92 Å². The Morgan fingerprint density at radius 3 is 2.73 bits per heavy atom. The lowest BCUT2D eigenvalue weighted by molar-refractivity contribution is -0.154. The smallest absolute Gasteiger partial charge is 0.328 e. The first-order valence-corrected chi connectivity index (χ1v) is 5.58. The maximum atomic E-state index is 11.7. The second-order valence-electron chi connectivity index (χ2n) is 3.87. The lowest BCUT2D eigenvalue weighted by Gasteiger charge is -2.33. The van der Waals surface area contributed by atoms with Crippen LogP contribution >= 0.6 is 0 Å². The molecule has 4 heteroatoms. The summed E-state index contributed by atoms with van der Waals surface area (Å²) in [5.74, 6) is -0.202. The van der Waals surface area contributed by atoms with Gasteiger partial charge in [-0.05, 0) is 25.7 Å². The second-order valence-corrected chi connectivity index (χ2v) is 3.87. The lowest BCUT2D eigenvalue weighted by Crippen LogP contribution is -2.48. The first kappa shape index (κ1) is 12.0. The van der Waals surface area contributed by atoms with Gasteiger partial charge in [-0.1, -0.05) is 6.92 Å². The normalized spacial score (nSPS) is 21.2. The van der Waals surface area contributed by atoms with Crippen molar-refractivity contribution in [1.82, 2.24) is 4.90 Å². The molecule has 0 aliphatic carbocycles. The molecule has 0 radical (unpaired) electrons. The van der Waals surface area contributed by atoms with Gasteiger partial charge in [0.1, 0.15) is 6.04 Å². The number of esters is 1.